The number of unbranched alkanes of at least 4 members (excludes halogenated alkanes) is 1. The summed E-state index contributed by atoms with van der Waals surface area (Å²) in [6.07, 6.45) is 16.7. The Morgan fingerprint density at radius 3 is 3.00 bits per heavy atom. The number of nitrogens with zero attached hydrogens (tertiary/aromatic N) is 1. The zero-order chi connectivity index (χ0) is 10.5. The third-order valence-corrected chi connectivity index (χ3v) is 3.28. The highest BCUT2D eigenvalue weighted by Gasteiger charge is 2.20. The predicted octanol–water partition coefficient (Wildman–Crippen LogP) is 3.76. The monoisotopic (exact) mass is 199 g/mol. The molecule has 0 heterocycles. The first-order valence-corrected chi connectivity index (χ1v) is 5.82. The number of rotatable bonds is 3. The molecule has 2 atom stereocenters. The number of hydrogen-bond donors (Lipinski definition) is 0. The van der Waals surface area contributed by atoms with Crippen LogP contribution in [0.4, 0.5) is 0 Å². The zero-order valence-electron chi connectivity index (χ0n) is 9.02. The Morgan fingerprint density at radius 1 is 1.27 bits per heavy atom. The molecule has 0 aromatic carbocycles. The minimum atomic E-state index is 0.642. The number of fused-ring (bicyclic) bond motifs is 2. The average molecular weight is 199 g/mol. The first-order valence-electron chi connectivity index (χ1n) is 5.82. The van der Waals surface area contributed by atoms with E-state index in [4.69, 9.17) is 5.26 Å². The van der Waals surface area contributed by atoms with E-state index in [1.165, 1.54) is 12.8 Å². The second-order valence-electron chi connectivity index (χ2n) is 4.37. The first-order chi connectivity index (χ1) is 7.40. The van der Waals surface area contributed by atoms with E-state index in [0.29, 0.717) is 18.3 Å². The fourth-order valence-corrected chi connectivity index (χ4v) is 2.46. The molecule has 0 spiro atoms. The largest absolute Gasteiger partial charge is 0.198 e. The van der Waals surface area contributed by atoms with E-state index < -0.39 is 0 Å². The molecule has 0 saturated carbocycles. The fourth-order valence-electron chi connectivity index (χ4n) is 2.46. The van der Waals surface area contributed by atoms with E-state index >= 15 is 0 Å². The van der Waals surface area contributed by atoms with Crippen LogP contribution in [0.25, 0.3) is 0 Å². The van der Waals surface area contributed by atoms with E-state index in [1.807, 2.05) is 0 Å². The lowest BCUT2D eigenvalue weighted by Gasteiger charge is -2.26. The molecule has 0 radical (unpaired) electrons. The van der Waals surface area contributed by atoms with Gasteiger partial charge in [0.2, 0.25) is 0 Å². The molecule has 3 aliphatic rings. The van der Waals surface area contributed by atoms with E-state index in [1.54, 1.807) is 5.57 Å². The van der Waals surface area contributed by atoms with Crippen LogP contribution in [0, 0.1) is 23.2 Å². The van der Waals surface area contributed by atoms with Gasteiger partial charge in [-0.3, -0.25) is 0 Å². The molecule has 0 aromatic rings. The van der Waals surface area contributed by atoms with Gasteiger partial charge in [-0.1, -0.05) is 36.0 Å². The van der Waals surface area contributed by atoms with E-state index in [2.05, 4.69) is 36.4 Å². The Balaban J connectivity index is 2.04. The van der Waals surface area contributed by atoms with Gasteiger partial charge in [0.25, 0.3) is 0 Å². The van der Waals surface area contributed by atoms with Crippen molar-refractivity contribution in [3.63, 3.8) is 0 Å². The summed E-state index contributed by atoms with van der Waals surface area (Å²) in [6.45, 7) is 0. The normalized spacial score (nSPS) is 32.3. The lowest BCUT2D eigenvalue weighted by molar-refractivity contribution is 0.515. The molecule has 1 heteroatoms. The molecule has 2 bridgehead atoms. The highest BCUT2D eigenvalue weighted by Crippen LogP contribution is 2.34. The minimum absolute atomic E-state index is 0.642. The lowest BCUT2D eigenvalue weighted by Crippen LogP contribution is -2.13. The topological polar surface area (TPSA) is 23.8 Å². The summed E-state index contributed by atoms with van der Waals surface area (Å²) in [7, 11) is 0. The van der Waals surface area contributed by atoms with Crippen LogP contribution in [0.3, 0.4) is 0 Å². The molecule has 0 N–H and O–H groups in total. The van der Waals surface area contributed by atoms with E-state index in [0.717, 1.165) is 12.8 Å². The number of allylic oxidation sites excluding steroid dienone is 6. The minimum Gasteiger partial charge on any atom is -0.198 e. The molecule has 2 unspecified atom stereocenters. The molecular formula is C14H17N. The second kappa shape index (κ2) is 4.98. The highest BCUT2D eigenvalue weighted by atomic mass is 14.3. The van der Waals surface area contributed by atoms with Crippen LogP contribution in [-0.2, 0) is 0 Å². The molecule has 15 heavy (non-hydrogen) atoms. The van der Waals surface area contributed by atoms with Gasteiger partial charge >= 0.3 is 0 Å². The Labute approximate surface area is 91.8 Å². The van der Waals surface area contributed by atoms with Crippen LogP contribution in [-0.4, -0.2) is 0 Å². The van der Waals surface area contributed by atoms with Crippen LogP contribution in [0.1, 0.15) is 32.1 Å². The lowest BCUT2D eigenvalue weighted by atomic mass is 9.79. The molecule has 3 aliphatic carbocycles. The van der Waals surface area contributed by atoms with Crippen LogP contribution >= 0.6 is 0 Å². The van der Waals surface area contributed by atoms with Crippen LogP contribution in [0.2, 0.25) is 0 Å². The van der Waals surface area contributed by atoms with Gasteiger partial charge in [0.1, 0.15) is 0 Å². The molecule has 3 rings (SSSR count). The van der Waals surface area contributed by atoms with Crippen molar-refractivity contribution in [2.45, 2.75) is 32.1 Å². The van der Waals surface area contributed by atoms with Crippen molar-refractivity contribution < 1.29 is 0 Å². The summed E-state index contributed by atoms with van der Waals surface area (Å²) >= 11 is 0. The highest BCUT2D eigenvalue weighted by molar-refractivity contribution is 5.25. The first kappa shape index (κ1) is 10.2. The average Bonchev–Trinajstić information content (AvgIpc) is 2.20. The molecule has 78 valence electrons. The fraction of sp³-hybridized carbons (Fsp3) is 0.500. The maximum atomic E-state index is 8.53. The smallest absolute Gasteiger partial charge is 0.0621 e. The van der Waals surface area contributed by atoms with Crippen molar-refractivity contribution in [1.82, 2.24) is 0 Å². The third kappa shape index (κ3) is 2.59. The molecule has 0 aliphatic heterocycles. The summed E-state index contributed by atoms with van der Waals surface area (Å²) in [4.78, 5) is 0. The van der Waals surface area contributed by atoms with Crippen molar-refractivity contribution in [3.8, 4) is 6.07 Å². The van der Waals surface area contributed by atoms with Crippen LogP contribution < -0.4 is 0 Å². The summed E-state index contributed by atoms with van der Waals surface area (Å²) in [5.41, 5.74) is 1.56. The molecule has 0 amide bonds. The van der Waals surface area contributed by atoms with Gasteiger partial charge in [-0.15, -0.1) is 0 Å². The maximum Gasteiger partial charge on any atom is 0.0621 e. The van der Waals surface area contributed by atoms with Gasteiger partial charge in [-0.25, -0.2) is 0 Å². The van der Waals surface area contributed by atoms with Gasteiger partial charge in [0.05, 0.1) is 6.07 Å². The van der Waals surface area contributed by atoms with Crippen molar-refractivity contribution in [2.24, 2.45) is 11.8 Å². The van der Waals surface area contributed by atoms with Crippen molar-refractivity contribution in [1.29, 1.82) is 5.26 Å². The Morgan fingerprint density at radius 2 is 2.13 bits per heavy atom. The molecule has 1 nitrogen and oxygen atoms in total. The van der Waals surface area contributed by atoms with Crippen molar-refractivity contribution in [2.75, 3.05) is 0 Å². The van der Waals surface area contributed by atoms with Crippen molar-refractivity contribution >= 4 is 0 Å². The van der Waals surface area contributed by atoms with Crippen molar-refractivity contribution in [3.05, 3.63) is 36.0 Å². The summed E-state index contributed by atoms with van der Waals surface area (Å²) in [5, 5.41) is 8.53. The predicted molar refractivity (Wildman–Crippen MR) is 62.0 cm³/mol. The van der Waals surface area contributed by atoms with Gasteiger partial charge < -0.3 is 0 Å². The molecule has 0 aromatic heterocycles. The number of hydrogen-bond acceptors (Lipinski definition) is 1. The second-order valence-corrected chi connectivity index (χ2v) is 4.37. The zero-order valence-corrected chi connectivity index (χ0v) is 9.02. The number of nitriles is 1. The van der Waals surface area contributed by atoms with Gasteiger partial charge in [-0.2, -0.15) is 5.26 Å². The summed E-state index contributed by atoms with van der Waals surface area (Å²) < 4.78 is 0. The Hall–Kier alpha value is -1.29. The van der Waals surface area contributed by atoms with Gasteiger partial charge in [0.15, 0.2) is 0 Å². The standard InChI is InChI=1S/C14H17N/c15-10-4-3-7-14-11-12-5-1-2-6-13(14)9-8-12/h1-2,5-6,11-13H,3-4,7-9H2/b5-1+,6-2-. The summed E-state index contributed by atoms with van der Waals surface area (Å²) in [6, 6.07) is 2.22. The maximum absolute atomic E-state index is 8.53. The van der Waals surface area contributed by atoms with E-state index in [9.17, 15) is 0 Å². The quantitative estimate of drug-likeness (QED) is 0.501. The Kier molecular flexibility index (Phi) is 3.40. The van der Waals surface area contributed by atoms with Crippen LogP contribution in [0.15, 0.2) is 36.0 Å². The molecule has 0 saturated heterocycles. The molecular weight excluding hydrogens is 182 g/mol. The third-order valence-electron chi connectivity index (χ3n) is 3.28. The van der Waals surface area contributed by atoms with Gasteiger partial charge in [0, 0.05) is 6.42 Å². The SMILES string of the molecule is N#CCCCC1=CC2/C=C/C=C\C1CC2. The van der Waals surface area contributed by atoms with Crippen LogP contribution in [0.5, 0.6) is 0 Å². The van der Waals surface area contributed by atoms with Gasteiger partial charge in [-0.05, 0) is 37.5 Å². The van der Waals surface area contributed by atoms with E-state index in [-0.39, 0.29) is 0 Å². The summed E-state index contributed by atoms with van der Waals surface area (Å²) in [5.74, 6) is 1.29. The molecule has 0 fully saturated rings. The Bertz CT molecular complexity index is 341.